The van der Waals surface area contributed by atoms with Crippen LogP contribution in [0.1, 0.15) is 0 Å². The summed E-state index contributed by atoms with van der Waals surface area (Å²) in [4.78, 5) is 5.03. The molecule has 0 bridgehead atoms. The van der Waals surface area contributed by atoms with Gasteiger partial charge in [-0.3, -0.25) is 0 Å². The molecule has 11 aromatic carbocycles. The molecule has 2 nitrogen and oxygen atoms in total. The first-order valence-corrected chi connectivity index (χ1v) is 21.3. The second kappa shape index (κ2) is 10.2. The fraction of sp³-hybridized carbons (Fsp3) is 0. The molecule has 250 valence electrons. The van der Waals surface area contributed by atoms with E-state index in [1.807, 2.05) is 0 Å². The van der Waals surface area contributed by atoms with Gasteiger partial charge in [0.15, 0.2) is 0 Å². The number of anilines is 6. The highest BCUT2D eigenvalue weighted by Gasteiger charge is 2.47. The Kier molecular flexibility index (Phi) is 5.54. The van der Waals surface area contributed by atoms with Gasteiger partial charge in [0.05, 0.1) is 22.7 Å². The lowest BCUT2D eigenvalue weighted by Gasteiger charge is -2.47. The highest BCUT2D eigenvalue weighted by molar-refractivity contribution is 8.26. The standard InChI is InChI=1S/C50H29N2PS/c54-53-42-28-34-22-20-30-10-7-12-32-24-26-38(46(34)44(30)32)48(42)51(36-14-3-1-4-15-36)40-18-9-19-41(50(40)53)52(37-16-5-2-6-17-37)49-39-27-25-33-13-8-11-31-21-23-35(29-43(49)53)47(39)45(31)33/h1-29H. The minimum absolute atomic E-state index is 1.14. The zero-order chi connectivity index (χ0) is 35.3. The van der Waals surface area contributed by atoms with Crippen molar-refractivity contribution in [3.05, 3.63) is 176 Å². The molecule has 0 aromatic heterocycles. The zero-order valence-corrected chi connectivity index (χ0v) is 30.7. The Morgan fingerprint density at radius 1 is 0.352 bits per heavy atom. The second-order valence-electron chi connectivity index (χ2n) is 14.8. The fourth-order valence-electron chi connectivity index (χ4n) is 10.0. The van der Waals surface area contributed by atoms with E-state index in [1.165, 1.54) is 103 Å². The second-order valence-corrected chi connectivity index (χ2v) is 19.1. The summed E-state index contributed by atoms with van der Waals surface area (Å²) in [6.07, 6.45) is 0. The van der Waals surface area contributed by atoms with Gasteiger partial charge < -0.3 is 9.80 Å². The van der Waals surface area contributed by atoms with Gasteiger partial charge in [-0.25, -0.2) is 0 Å². The predicted octanol–water partition coefficient (Wildman–Crippen LogP) is 12.8. The smallest absolute Gasteiger partial charge is 0.0631 e. The van der Waals surface area contributed by atoms with Crippen molar-refractivity contribution in [1.82, 2.24) is 0 Å². The number of nitrogens with zero attached hydrogens (tertiary/aromatic N) is 2. The number of benzene rings is 11. The Labute approximate surface area is 316 Å². The first kappa shape index (κ1) is 29.2. The SMILES string of the molecule is S=P12c3cc4ccc5cccc6ccc(c3N(c3ccccc3)c3cccc(c31)N(c1ccccc1)c1c2cc2ccc3cccc7ccc1c2c37)c4c56. The molecule has 11 aromatic rings. The lowest BCUT2D eigenvalue weighted by Crippen LogP contribution is -2.43. The minimum Gasteiger partial charge on any atom is -0.308 e. The van der Waals surface area contributed by atoms with E-state index in [0.717, 1.165) is 11.4 Å². The summed E-state index contributed by atoms with van der Waals surface area (Å²) in [6.45, 7) is 0. The van der Waals surface area contributed by atoms with E-state index < -0.39 is 6.04 Å². The van der Waals surface area contributed by atoms with Crippen LogP contribution in [0.2, 0.25) is 0 Å². The molecule has 0 spiro atoms. The molecule has 2 aliphatic heterocycles. The van der Waals surface area contributed by atoms with Crippen molar-refractivity contribution in [3.8, 4) is 0 Å². The van der Waals surface area contributed by atoms with Crippen LogP contribution >= 0.6 is 6.04 Å². The summed E-state index contributed by atoms with van der Waals surface area (Å²) < 4.78 is 0. The van der Waals surface area contributed by atoms with E-state index in [2.05, 4.69) is 186 Å². The molecule has 4 heteroatoms. The highest BCUT2D eigenvalue weighted by atomic mass is 32.4. The van der Waals surface area contributed by atoms with Crippen LogP contribution in [0.4, 0.5) is 34.1 Å². The molecule has 0 fully saturated rings. The molecule has 2 aliphatic rings. The van der Waals surface area contributed by atoms with Crippen LogP contribution in [0.3, 0.4) is 0 Å². The normalized spacial score (nSPS) is 14.4. The average Bonchev–Trinajstić information content (AvgIpc) is 3.23. The fourth-order valence-corrected chi connectivity index (χ4v) is 14.8. The molecule has 0 N–H and O–H groups in total. The van der Waals surface area contributed by atoms with Gasteiger partial charge in [0.1, 0.15) is 0 Å². The third kappa shape index (κ3) is 3.50. The van der Waals surface area contributed by atoms with Crippen molar-refractivity contribution in [1.29, 1.82) is 0 Å². The largest absolute Gasteiger partial charge is 0.308 e. The number of para-hydroxylation sites is 2. The number of rotatable bonds is 2. The Bertz CT molecular complexity index is 3180. The maximum Gasteiger partial charge on any atom is 0.0631 e. The van der Waals surface area contributed by atoms with Crippen molar-refractivity contribution in [2.75, 3.05) is 9.80 Å². The van der Waals surface area contributed by atoms with Gasteiger partial charge in [-0.15, -0.1) is 0 Å². The summed E-state index contributed by atoms with van der Waals surface area (Å²) >= 11 is 7.54. The van der Waals surface area contributed by atoms with Crippen molar-refractivity contribution in [2.24, 2.45) is 0 Å². The summed E-state index contributed by atoms with van der Waals surface area (Å²) in [6, 6.07) is 62.8. The van der Waals surface area contributed by atoms with Crippen LogP contribution in [0, 0.1) is 0 Å². The maximum atomic E-state index is 7.54. The van der Waals surface area contributed by atoms with Crippen LogP contribution < -0.4 is 25.7 Å². The van der Waals surface area contributed by atoms with E-state index in [-0.39, 0.29) is 0 Å². The molecular formula is C50H29N2PS. The molecule has 54 heavy (non-hydrogen) atoms. The lowest BCUT2D eigenvalue weighted by molar-refractivity contribution is 1.27. The third-order valence-electron chi connectivity index (χ3n) is 12.1. The molecule has 13 rings (SSSR count). The molecule has 0 amide bonds. The molecule has 0 radical (unpaired) electrons. The van der Waals surface area contributed by atoms with Crippen LogP contribution in [0.15, 0.2) is 176 Å². The minimum atomic E-state index is -2.72. The summed E-state index contributed by atoms with van der Waals surface area (Å²) in [5.41, 5.74) is 7.03. The van der Waals surface area contributed by atoms with Gasteiger partial charge in [-0.05, 0) is 102 Å². The average molecular weight is 721 g/mol. The van der Waals surface area contributed by atoms with Crippen LogP contribution in [0.5, 0.6) is 0 Å². The van der Waals surface area contributed by atoms with E-state index in [1.54, 1.807) is 0 Å². The summed E-state index contributed by atoms with van der Waals surface area (Å²) in [7, 11) is 0. The number of hydrogen-bond donors (Lipinski definition) is 0. The molecule has 0 saturated carbocycles. The van der Waals surface area contributed by atoms with Crippen LogP contribution in [-0.4, -0.2) is 0 Å². The topological polar surface area (TPSA) is 6.48 Å². The van der Waals surface area contributed by atoms with Gasteiger partial charge in [0, 0.05) is 44.1 Å². The van der Waals surface area contributed by atoms with E-state index in [4.69, 9.17) is 11.8 Å². The highest BCUT2D eigenvalue weighted by Crippen LogP contribution is 2.64. The van der Waals surface area contributed by atoms with E-state index in [0.29, 0.717) is 0 Å². The quantitative estimate of drug-likeness (QED) is 0.130. The zero-order valence-electron chi connectivity index (χ0n) is 29.0. The van der Waals surface area contributed by atoms with Gasteiger partial charge >= 0.3 is 0 Å². The molecule has 2 heterocycles. The van der Waals surface area contributed by atoms with Gasteiger partial charge in [0.25, 0.3) is 0 Å². The first-order chi connectivity index (χ1) is 26.7. The lowest BCUT2D eigenvalue weighted by atomic mass is 9.92. The molecule has 0 unspecified atom stereocenters. The first-order valence-electron chi connectivity index (χ1n) is 18.5. The van der Waals surface area contributed by atoms with Crippen molar-refractivity contribution >= 4 is 133 Å². The summed E-state index contributed by atoms with van der Waals surface area (Å²) in [5, 5.41) is 19.1. The van der Waals surface area contributed by atoms with Crippen LogP contribution in [-0.2, 0) is 11.8 Å². The van der Waals surface area contributed by atoms with Crippen molar-refractivity contribution in [2.45, 2.75) is 0 Å². The molecule has 0 atom stereocenters. The Morgan fingerprint density at radius 2 is 0.741 bits per heavy atom. The predicted molar refractivity (Wildman–Crippen MR) is 236 cm³/mol. The Morgan fingerprint density at radius 3 is 1.19 bits per heavy atom. The molecule has 0 saturated heterocycles. The Balaban J connectivity index is 1.26. The third-order valence-corrected chi connectivity index (χ3v) is 17.0. The van der Waals surface area contributed by atoms with Crippen LogP contribution in [0.25, 0.3) is 64.6 Å². The van der Waals surface area contributed by atoms with Crippen molar-refractivity contribution in [3.63, 3.8) is 0 Å². The molecular weight excluding hydrogens is 692 g/mol. The van der Waals surface area contributed by atoms with E-state index >= 15 is 0 Å². The summed E-state index contributed by atoms with van der Waals surface area (Å²) in [5.74, 6) is 0. The van der Waals surface area contributed by atoms with Gasteiger partial charge in [-0.2, -0.15) is 0 Å². The van der Waals surface area contributed by atoms with Gasteiger partial charge in [-0.1, -0.05) is 139 Å². The van der Waals surface area contributed by atoms with E-state index in [9.17, 15) is 0 Å². The maximum absolute atomic E-state index is 7.54. The number of fused-ring (bicyclic) bond motifs is 6. The Hall–Kier alpha value is -6.25. The monoisotopic (exact) mass is 720 g/mol. The van der Waals surface area contributed by atoms with Crippen molar-refractivity contribution < 1.29 is 0 Å². The molecule has 0 aliphatic carbocycles. The van der Waals surface area contributed by atoms with Gasteiger partial charge in [0.2, 0.25) is 0 Å². The number of hydrogen-bond acceptors (Lipinski definition) is 3.